The standard InChI is InChI=1S/C18H19Cl2N3O/c1-11-22-14(12-6-8-18(2,21)9-7-12)10-16(24)23(11)15-5-3-4-13(19)17(15)20/h3-6,10H,7-9,21H2,1-2H3/t18-/m1/s1. The highest BCUT2D eigenvalue weighted by molar-refractivity contribution is 6.43. The molecule has 4 nitrogen and oxygen atoms in total. The summed E-state index contributed by atoms with van der Waals surface area (Å²) in [6.45, 7) is 3.83. The first-order valence-corrected chi connectivity index (χ1v) is 8.57. The molecule has 0 saturated heterocycles. The number of nitrogens with two attached hydrogens (primary N) is 1. The molecular weight excluding hydrogens is 345 g/mol. The molecule has 1 aromatic heterocycles. The zero-order valence-electron chi connectivity index (χ0n) is 13.6. The summed E-state index contributed by atoms with van der Waals surface area (Å²) in [5, 5.41) is 0.747. The molecule has 1 aromatic carbocycles. The minimum atomic E-state index is -0.179. The molecule has 24 heavy (non-hydrogen) atoms. The third kappa shape index (κ3) is 3.27. The summed E-state index contributed by atoms with van der Waals surface area (Å²) in [4.78, 5) is 17.3. The van der Waals surface area contributed by atoms with E-state index in [2.05, 4.69) is 11.1 Å². The Kier molecular flexibility index (Phi) is 4.56. The summed E-state index contributed by atoms with van der Waals surface area (Å²) in [5.41, 5.74) is 8.12. The van der Waals surface area contributed by atoms with Crippen LogP contribution in [0.25, 0.3) is 11.3 Å². The average Bonchev–Trinajstić information content (AvgIpc) is 2.50. The maximum atomic E-state index is 12.7. The molecule has 126 valence electrons. The van der Waals surface area contributed by atoms with E-state index in [1.807, 2.05) is 6.92 Å². The summed E-state index contributed by atoms with van der Waals surface area (Å²) in [6.07, 6.45) is 4.57. The topological polar surface area (TPSA) is 60.9 Å². The second-order valence-corrected chi connectivity index (χ2v) is 7.31. The zero-order chi connectivity index (χ0) is 17.5. The monoisotopic (exact) mass is 363 g/mol. The fourth-order valence-corrected chi connectivity index (χ4v) is 3.31. The number of hydrogen-bond donors (Lipinski definition) is 1. The van der Waals surface area contributed by atoms with Crippen molar-refractivity contribution in [3.8, 4) is 5.69 Å². The van der Waals surface area contributed by atoms with Gasteiger partial charge in [0.1, 0.15) is 5.82 Å². The first-order valence-electron chi connectivity index (χ1n) is 7.82. The zero-order valence-corrected chi connectivity index (χ0v) is 15.2. The molecule has 0 spiro atoms. The van der Waals surface area contributed by atoms with Crippen LogP contribution in [0.2, 0.25) is 10.0 Å². The van der Waals surface area contributed by atoms with Gasteiger partial charge in [-0.3, -0.25) is 9.36 Å². The van der Waals surface area contributed by atoms with Crippen molar-refractivity contribution in [3.63, 3.8) is 0 Å². The van der Waals surface area contributed by atoms with E-state index in [1.165, 1.54) is 4.57 Å². The van der Waals surface area contributed by atoms with Crippen molar-refractivity contribution in [2.75, 3.05) is 0 Å². The predicted molar refractivity (Wildman–Crippen MR) is 99.0 cm³/mol. The lowest BCUT2D eigenvalue weighted by atomic mass is 9.84. The van der Waals surface area contributed by atoms with Crippen molar-refractivity contribution in [2.24, 2.45) is 5.73 Å². The van der Waals surface area contributed by atoms with Gasteiger partial charge >= 0.3 is 0 Å². The average molecular weight is 364 g/mol. The Bertz CT molecular complexity index is 884. The van der Waals surface area contributed by atoms with E-state index in [0.717, 1.165) is 24.8 Å². The molecule has 1 heterocycles. The molecule has 3 rings (SSSR count). The molecule has 2 aromatic rings. The molecule has 0 amide bonds. The Hall–Kier alpha value is -1.62. The minimum absolute atomic E-state index is 0.177. The largest absolute Gasteiger partial charge is 0.325 e. The van der Waals surface area contributed by atoms with Gasteiger partial charge in [0.25, 0.3) is 5.56 Å². The van der Waals surface area contributed by atoms with E-state index in [9.17, 15) is 4.79 Å². The van der Waals surface area contributed by atoms with Crippen LogP contribution in [0.5, 0.6) is 0 Å². The van der Waals surface area contributed by atoms with Crippen LogP contribution in [0.15, 0.2) is 35.1 Å². The van der Waals surface area contributed by atoms with Crippen molar-refractivity contribution in [1.29, 1.82) is 0 Å². The molecule has 0 saturated carbocycles. The highest BCUT2D eigenvalue weighted by Crippen LogP contribution is 2.31. The molecule has 0 aliphatic heterocycles. The van der Waals surface area contributed by atoms with Gasteiger partial charge < -0.3 is 5.73 Å². The number of benzene rings is 1. The molecule has 0 radical (unpaired) electrons. The van der Waals surface area contributed by atoms with Gasteiger partial charge in [-0.05, 0) is 50.8 Å². The quantitative estimate of drug-likeness (QED) is 0.872. The van der Waals surface area contributed by atoms with Crippen molar-refractivity contribution >= 4 is 28.8 Å². The summed E-state index contributed by atoms with van der Waals surface area (Å²) >= 11 is 12.3. The fraction of sp³-hybridized carbons (Fsp3) is 0.333. The molecule has 1 atom stereocenters. The third-order valence-electron chi connectivity index (χ3n) is 4.37. The lowest BCUT2D eigenvalue weighted by Crippen LogP contribution is -2.37. The van der Waals surface area contributed by atoms with E-state index in [-0.39, 0.29) is 11.1 Å². The van der Waals surface area contributed by atoms with Gasteiger partial charge in [0.15, 0.2) is 0 Å². The predicted octanol–water partition coefficient (Wildman–Crippen LogP) is 4.13. The van der Waals surface area contributed by atoms with Gasteiger partial charge in [0.05, 0.1) is 21.4 Å². The summed E-state index contributed by atoms with van der Waals surface area (Å²) in [5.74, 6) is 0.573. The fourth-order valence-electron chi connectivity index (χ4n) is 2.93. The molecule has 0 unspecified atom stereocenters. The summed E-state index contributed by atoms with van der Waals surface area (Å²) < 4.78 is 1.48. The number of hydrogen-bond acceptors (Lipinski definition) is 3. The van der Waals surface area contributed by atoms with Gasteiger partial charge in [0.2, 0.25) is 0 Å². The SMILES string of the molecule is Cc1nc(C2=CC[C@@](C)(N)CC2)cc(=O)n1-c1cccc(Cl)c1Cl. The van der Waals surface area contributed by atoms with Gasteiger partial charge in [-0.25, -0.2) is 4.98 Å². The Morgan fingerprint density at radius 2 is 2.08 bits per heavy atom. The van der Waals surface area contributed by atoms with E-state index in [4.69, 9.17) is 28.9 Å². The van der Waals surface area contributed by atoms with Crippen LogP contribution in [0, 0.1) is 6.92 Å². The minimum Gasteiger partial charge on any atom is -0.325 e. The van der Waals surface area contributed by atoms with Crippen LogP contribution in [-0.2, 0) is 0 Å². The maximum absolute atomic E-state index is 12.7. The van der Waals surface area contributed by atoms with Gasteiger partial charge in [-0.1, -0.05) is 35.3 Å². The number of rotatable bonds is 2. The van der Waals surface area contributed by atoms with E-state index in [1.54, 1.807) is 31.2 Å². The first-order chi connectivity index (χ1) is 11.3. The molecule has 1 aliphatic carbocycles. The van der Waals surface area contributed by atoms with E-state index in [0.29, 0.717) is 27.3 Å². The van der Waals surface area contributed by atoms with Crippen LogP contribution >= 0.6 is 23.2 Å². The molecular formula is C18H19Cl2N3O. The Morgan fingerprint density at radius 1 is 1.33 bits per heavy atom. The molecule has 6 heteroatoms. The number of aromatic nitrogens is 2. The Balaban J connectivity index is 2.06. The van der Waals surface area contributed by atoms with Gasteiger partial charge in [0, 0.05) is 11.6 Å². The van der Waals surface area contributed by atoms with Crippen LogP contribution in [-0.4, -0.2) is 15.1 Å². The Morgan fingerprint density at radius 3 is 2.71 bits per heavy atom. The second-order valence-electron chi connectivity index (χ2n) is 6.52. The number of allylic oxidation sites excluding steroid dienone is 1. The normalized spacial score (nSPS) is 20.8. The van der Waals surface area contributed by atoms with Crippen LogP contribution in [0.4, 0.5) is 0 Å². The van der Waals surface area contributed by atoms with Crippen molar-refractivity contribution in [3.05, 3.63) is 62.3 Å². The van der Waals surface area contributed by atoms with Gasteiger partial charge in [-0.2, -0.15) is 0 Å². The molecule has 2 N–H and O–H groups in total. The lowest BCUT2D eigenvalue weighted by molar-refractivity contribution is 0.432. The summed E-state index contributed by atoms with van der Waals surface area (Å²) in [7, 11) is 0. The van der Waals surface area contributed by atoms with Crippen LogP contribution < -0.4 is 11.3 Å². The van der Waals surface area contributed by atoms with Crippen LogP contribution in [0.1, 0.15) is 37.7 Å². The number of aryl methyl sites for hydroxylation is 1. The van der Waals surface area contributed by atoms with E-state index < -0.39 is 0 Å². The van der Waals surface area contributed by atoms with Crippen molar-refractivity contribution in [1.82, 2.24) is 9.55 Å². The highest BCUT2D eigenvalue weighted by Gasteiger charge is 2.23. The van der Waals surface area contributed by atoms with Crippen molar-refractivity contribution < 1.29 is 0 Å². The molecule has 1 aliphatic rings. The Labute approximate surface area is 150 Å². The second kappa shape index (κ2) is 6.36. The first kappa shape index (κ1) is 17.2. The van der Waals surface area contributed by atoms with E-state index >= 15 is 0 Å². The third-order valence-corrected chi connectivity index (χ3v) is 5.18. The number of halogens is 2. The molecule has 0 fully saturated rings. The lowest BCUT2D eigenvalue weighted by Gasteiger charge is -2.28. The maximum Gasteiger partial charge on any atom is 0.258 e. The highest BCUT2D eigenvalue weighted by atomic mass is 35.5. The summed E-state index contributed by atoms with van der Waals surface area (Å²) in [6, 6.07) is 6.75. The number of nitrogens with zero attached hydrogens (tertiary/aromatic N) is 2. The molecule has 0 bridgehead atoms. The van der Waals surface area contributed by atoms with Crippen LogP contribution in [0.3, 0.4) is 0 Å². The van der Waals surface area contributed by atoms with Crippen molar-refractivity contribution in [2.45, 2.75) is 38.6 Å². The smallest absolute Gasteiger partial charge is 0.258 e. The van der Waals surface area contributed by atoms with Gasteiger partial charge in [-0.15, -0.1) is 0 Å².